The first-order chi connectivity index (χ1) is 14.3. The van der Waals surface area contributed by atoms with Crippen LogP contribution in [0, 0.1) is 6.92 Å². The number of aryl methyl sites for hydroxylation is 1. The van der Waals surface area contributed by atoms with E-state index >= 15 is 0 Å². The summed E-state index contributed by atoms with van der Waals surface area (Å²) in [5.41, 5.74) is 5.14. The number of hydrogen-bond acceptors (Lipinski definition) is 5. The molecule has 0 aromatic heterocycles. The van der Waals surface area contributed by atoms with Gasteiger partial charge in [0, 0.05) is 6.42 Å². The Balaban J connectivity index is 1.73. The lowest BCUT2D eigenvalue weighted by molar-refractivity contribution is 0.414. The van der Waals surface area contributed by atoms with E-state index in [4.69, 9.17) is 15.0 Å². The van der Waals surface area contributed by atoms with Crippen molar-refractivity contribution in [2.24, 2.45) is 10.2 Å². The molecular weight excluding hydrogens is 398 g/mol. The molecule has 3 aromatic rings. The minimum absolute atomic E-state index is 0.0208. The molecule has 0 aliphatic carbocycles. The van der Waals surface area contributed by atoms with Crippen molar-refractivity contribution in [3.05, 3.63) is 89.5 Å². The summed E-state index contributed by atoms with van der Waals surface area (Å²) in [5.74, 6) is 0.792. The van der Waals surface area contributed by atoms with Crippen molar-refractivity contribution in [3.8, 4) is 5.75 Å². The van der Waals surface area contributed by atoms with Gasteiger partial charge in [0.15, 0.2) is 0 Å². The van der Waals surface area contributed by atoms with Crippen LogP contribution in [0.2, 0.25) is 0 Å². The Kier molecular flexibility index (Phi) is 5.32. The van der Waals surface area contributed by atoms with Crippen LogP contribution in [-0.2, 0) is 10.0 Å². The minimum Gasteiger partial charge on any atom is -0.497 e. The van der Waals surface area contributed by atoms with Gasteiger partial charge in [0.1, 0.15) is 5.75 Å². The van der Waals surface area contributed by atoms with Gasteiger partial charge in [0.05, 0.1) is 29.4 Å². The molecule has 4 rings (SSSR count). The van der Waals surface area contributed by atoms with Crippen molar-refractivity contribution >= 4 is 21.4 Å². The first kappa shape index (κ1) is 20.1. The SMILES string of the molecule is COc1ccc(C2CC(c3ccc(C)cc3)=NN2c2ccc(S(N)(=O)=O)cc2)cc1. The highest BCUT2D eigenvalue weighted by Gasteiger charge is 2.30. The lowest BCUT2D eigenvalue weighted by Crippen LogP contribution is -2.19. The molecule has 30 heavy (non-hydrogen) atoms. The van der Waals surface area contributed by atoms with E-state index in [1.165, 1.54) is 17.7 Å². The Morgan fingerprint density at radius 3 is 2.17 bits per heavy atom. The van der Waals surface area contributed by atoms with Crippen LogP contribution in [0.25, 0.3) is 0 Å². The topological polar surface area (TPSA) is 85.0 Å². The Hall–Kier alpha value is -3.16. The van der Waals surface area contributed by atoms with Gasteiger partial charge in [-0.25, -0.2) is 13.6 Å². The number of anilines is 1. The van der Waals surface area contributed by atoms with Gasteiger partial charge in [-0.3, -0.25) is 5.01 Å². The Morgan fingerprint density at radius 1 is 0.967 bits per heavy atom. The van der Waals surface area contributed by atoms with Crippen LogP contribution in [0.1, 0.15) is 29.2 Å². The summed E-state index contributed by atoms with van der Waals surface area (Å²) in [5, 5.41) is 12.1. The number of hydrazone groups is 1. The molecule has 0 radical (unpaired) electrons. The van der Waals surface area contributed by atoms with Crippen LogP contribution in [0.5, 0.6) is 5.75 Å². The fourth-order valence-corrected chi connectivity index (χ4v) is 4.06. The van der Waals surface area contributed by atoms with Crippen LogP contribution in [0.15, 0.2) is 82.8 Å². The van der Waals surface area contributed by atoms with E-state index in [1.807, 2.05) is 29.3 Å². The van der Waals surface area contributed by atoms with Crippen molar-refractivity contribution in [2.75, 3.05) is 12.1 Å². The molecule has 1 aliphatic heterocycles. The molecule has 2 N–H and O–H groups in total. The summed E-state index contributed by atoms with van der Waals surface area (Å²) in [6.45, 7) is 2.06. The van der Waals surface area contributed by atoms with Crippen LogP contribution in [0.3, 0.4) is 0 Å². The molecule has 0 saturated heterocycles. The first-order valence-corrected chi connectivity index (χ1v) is 11.1. The zero-order valence-electron chi connectivity index (χ0n) is 16.8. The lowest BCUT2D eigenvalue weighted by atomic mass is 9.97. The van der Waals surface area contributed by atoms with Crippen LogP contribution in [-0.4, -0.2) is 21.2 Å². The maximum Gasteiger partial charge on any atom is 0.238 e. The maximum atomic E-state index is 11.6. The second-order valence-corrected chi connectivity index (χ2v) is 8.85. The third-order valence-corrected chi connectivity index (χ3v) is 6.15. The van der Waals surface area contributed by atoms with E-state index in [1.54, 1.807) is 19.2 Å². The molecule has 154 valence electrons. The molecule has 1 unspecified atom stereocenters. The number of primary sulfonamides is 1. The van der Waals surface area contributed by atoms with E-state index < -0.39 is 10.0 Å². The van der Waals surface area contributed by atoms with Crippen molar-refractivity contribution in [3.63, 3.8) is 0 Å². The summed E-state index contributed by atoms with van der Waals surface area (Å²) in [7, 11) is -2.10. The standard InChI is InChI=1S/C23H23N3O3S/c1-16-3-5-17(6-4-16)22-15-23(18-7-11-20(29-2)12-8-18)26(25-22)19-9-13-21(14-10-19)30(24,27)28/h3-14,23H,15H2,1-2H3,(H2,24,27,28). The van der Waals surface area contributed by atoms with E-state index in [0.717, 1.165) is 34.7 Å². The van der Waals surface area contributed by atoms with Gasteiger partial charge >= 0.3 is 0 Å². The number of rotatable bonds is 5. The van der Waals surface area contributed by atoms with E-state index in [9.17, 15) is 8.42 Å². The lowest BCUT2D eigenvalue weighted by Gasteiger charge is -2.24. The first-order valence-electron chi connectivity index (χ1n) is 9.56. The average Bonchev–Trinajstić information content (AvgIpc) is 3.19. The minimum atomic E-state index is -3.74. The quantitative estimate of drug-likeness (QED) is 0.675. The summed E-state index contributed by atoms with van der Waals surface area (Å²) >= 11 is 0. The smallest absolute Gasteiger partial charge is 0.238 e. The molecule has 1 atom stereocenters. The van der Waals surface area contributed by atoms with Crippen molar-refractivity contribution in [2.45, 2.75) is 24.3 Å². The zero-order valence-corrected chi connectivity index (χ0v) is 17.6. The van der Waals surface area contributed by atoms with E-state index in [-0.39, 0.29) is 10.9 Å². The van der Waals surface area contributed by atoms with E-state index in [2.05, 4.69) is 31.2 Å². The molecule has 0 bridgehead atoms. The number of nitrogens with two attached hydrogens (primary N) is 1. The molecule has 1 aliphatic rings. The van der Waals surface area contributed by atoms with Crippen LogP contribution in [0.4, 0.5) is 5.69 Å². The largest absolute Gasteiger partial charge is 0.497 e. The highest BCUT2D eigenvalue weighted by atomic mass is 32.2. The average molecular weight is 422 g/mol. The zero-order chi connectivity index (χ0) is 21.3. The Labute approximate surface area is 176 Å². The molecule has 6 nitrogen and oxygen atoms in total. The second-order valence-electron chi connectivity index (χ2n) is 7.29. The molecule has 3 aromatic carbocycles. The van der Waals surface area contributed by atoms with Gasteiger partial charge in [-0.05, 0) is 54.4 Å². The number of ether oxygens (including phenoxy) is 1. The maximum absolute atomic E-state index is 11.6. The van der Waals surface area contributed by atoms with Crippen LogP contribution < -0.4 is 14.9 Å². The predicted octanol–water partition coefficient (Wildman–Crippen LogP) is 4.01. The van der Waals surface area contributed by atoms with Gasteiger partial charge in [-0.15, -0.1) is 0 Å². The molecular formula is C23H23N3O3S. The van der Waals surface area contributed by atoms with Crippen molar-refractivity contribution in [1.82, 2.24) is 0 Å². The molecule has 0 fully saturated rings. The van der Waals surface area contributed by atoms with Gasteiger partial charge in [-0.1, -0.05) is 42.0 Å². The third-order valence-electron chi connectivity index (χ3n) is 5.23. The molecule has 7 heteroatoms. The summed E-state index contributed by atoms with van der Waals surface area (Å²) < 4.78 is 28.5. The van der Waals surface area contributed by atoms with Crippen LogP contribution >= 0.6 is 0 Å². The number of nitrogens with zero attached hydrogens (tertiary/aromatic N) is 2. The Morgan fingerprint density at radius 2 is 1.60 bits per heavy atom. The number of hydrogen-bond donors (Lipinski definition) is 1. The number of benzene rings is 3. The number of methoxy groups -OCH3 is 1. The molecule has 0 amide bonds. The van der Waals surface area contributed by atoms with Gasteiger partial charge in [0.25, 0.3) is 0 Å². The normalized spacial score (nSPS) is 16.4. The third kappa shape index (κ3) is 4.08. The summed E-state index contributed by atoms with van der Waals surface area (Å²) in [6.07, 6.45) is 0.729. The monoisotopic (exact) mass is 421 g/mol. The highest BCUT2D eigenvalue weighted by Crippen LogP contribution is 2.37. The van der Waals surface area contributed by atoms with Gasteiger partial charge in [-0.2, -0.15) is 5.10 Å². The highest BCUT2D eigenvalue weighted by molar-refractivity contribution is 7.89. The van der Waals surface area contributed by atoms with Gasteiger partial charge in [0.2, 0.25) is 10.0 Å². The summed E-state index contributed by atoms with van der Waals surface area (Å²) in [6, 6.07) is 22.7. The predicted molar refractivity (Wildman–Crippen MR) is 118 cm³/mol. The van der Waals surface area contributed by atoms with Gasteiger partial charge < -0.3 is 4.74 Å². The molecule has 1 heterocycles. The molecule has 0 spiro atoms. The number of sulfonamides is 1. The van der Waals surface area contributed by atoms with Crippen molar-refractivity contribution in [1.29, 1.82) is 0 Å². The Bertz CT molecular complexity index is 1170. The van der Waals surface area contributed by atoms with Crippen molar-refractivity contribution < 1.29 is 13.2 Å². The molecule has 0 saturated carbocycles. The summed E-state index contributed by atoms with van der Waals surface area (Å²) in [4.78, 5) is 0.0779. The van der Waals surface area contributed by atoms with E-state index in [0.29, 0.717) is 0 Å². The fourth-order valence-electron chi connectivity index (χ4n) is 3.54. The fraction of sp³-hybridized carbons (Fsp3) is 0.174. The second kappa shape index (κ2) is 7.93.